The van der Waals surface area contributed by atoms with E-state index < -0.39 is 10.0 Å². The van der Waals surface area contributed by atoms with Crippen molar-refractivity contribution in [2.75, 3.05) is 21.1 Å². The van der Waals surface area contributed by atoms with Crippen LogP contribution in [0.15, 0.2) is 59.5 Å². The number of carbonyl (C=O) groups excluding carboxylic acids is 1. The molecular formula is C18H22N2O3S. The smallest absolute Gasteiger partial charge is 0.242 e. The molecule has 0 unspecified atom stereocenters. The van der Waals surface area contributed by atoms with E-state index in [4.69, 9.17) is 0 Å². The normalized spacial score (nSPS) is 11.5. The molecule has 0 bridgehead atoms. The van der Waals surface area contributed by atoms with E-state index in [1.807, 2.05) is 30.3 Å². The van der Waals surface area contributed by atoms with Gasteiger partial charge in [-0.05, 0) is 23.3 Å². The van der Waals surface area contributed by atoms with E-state index in [1.54, 1.807) is 24.1 Å². The third kappa shape index (κ3) is 4.43. The first kappa shape index (κ1) is 18.2. The first-order chi connectivity index (χ1) is 11.3. The van der Waals surface area contributed by atoms with Crippen LogP contribution in [0.25, 0.3) is 0 Å². The maximum absolute atomic E-state index is 12.3. The molecule has 6 heteroatoms. The number of nitrogens with zero attached hydrogens (tertiary/aromatic N) is 2. The lowest BCUT2D eigenvalue weighted by Gasteiger charge is -2.17. The van der Waals surface area contributed by atoms with Gasteiger partial charge in [-0.2, -0.15) is 0 Å². The summed E-state index contributed by atoms with van der Waals surface area (Å²) in [5.74, 6) is -0.0120. The van der Waals surface area contributed by atoms with Crippen molar-refractivity contribution in [3.8, 4) is 0 Å². The van der Waals surface area contributed by atoms with Gasteiger partial charge in [-0.3, -0.25) is 4.79 Å². The molecule has 5 nitrogen and oxygen atoms in total. The summed E-state index contributed by atoms with van der Waals surface area (Å²) >= 11 is 0. The van der Waals surface area contributed by atoms with Gasteiger partial charge in [0.15, 0.2) is 0 Å². The lowest BCUT2D eigenvalue weighted by molar-refractivity contribution is -0.129. The molecule has 0 N–H and O–H groups in total. The zero-order valence-corrected chi connectivity index (χ0v) is 15.0. The maximum atomic E-state index is 12.3. The van der Waals surface area contributed by atoms with Crippen LogP contribution in [0.1, 0.15) is 11.1 Å². The second kappa shape index (κ2) is 7.59. The van der Waals surface area contributed by atoms with E-state index >= 15 is 0 Å². The Morgan fingerprint density at radius 3 is 2.00 bits per heavy atom. The molecule has 0 spiro atoms. The summed E-state index contributed by atoms with van der Waals surface area (Å²) in [6.07, 6.45) is 0.242. The Labute approximate surface area is 143 Å². The summed E-state index contributed by atoms with van der Waals surface area (Å²) < 4.78 is 25.2. The van der Waals surface area contributed by atoms with Crippen molar-refractivity contribution in [3.63, 3.8) is 0 Å². The van der Waals surface area contributed by atoms with Gasteiger partial charge in [0, 0.05) is 27.7 Å². The van der Waals surface area contributed by atoms with Crippen LogP contribution in [0.2, 0.25) is 0 Å². The molecule has 0 aliphatic rings. The molecular weight excluding hydrogens is 324 g/mol. The third-order valence-corrected chi connectivity index (χ3v) is 5.57. The quantitative estimate of drug-likeness (QED) is 0.805. The molecule has 0 radical (unpaired) electrons. The molecule has 0 aliphatic heterocycles. The van der Waals surface area contributed by atoms with Gasteiger partial charge < -0.3 is 4.90 Å². The highest BCUT2D eigenvalue weighted by Crippen LogP contribution is 2.15. The van der Waals surface area contributed by atoms with Crippen molar-refractivity contribution in [3.05, 3.63) is 65.7 Å². The van der Waals surface area contributed by atoms with E-state index in [0.717, 1.165) is 11.1 Å². The van der Waals surface area contributed by atoms with Gasteiger partial charge >= 0.3 is 0 Å². The first-order valence-corrected chi connectivity index (χ1v) is 9.04. The van der Waals surface area contributed by atoms with Crippen LogP contribution in [0.4, 0.5) is 0 Å². The van der Waals surface area contributed by atoms with Crippen LogP contribution in [0.5, 0.6) is 0 Å². The molecule has 2 rings (SSSR count). The molecule has 24 heavy (non-hydrogen) atoms. The first-order valence-electron chi connectivity index (χ1n) is 7.60. The zero-order valence-electron chi connectivity index (χ0n) is 14.1. The molecule has 0 aromatic heterocycles. The molecule has 0 saturated carbocycles. The number of benzene rings is 2. The van der Waals surface area contributed by atoms with Crippen LogP contribution in [-0.2, 0) is 27.8 Å². The van der Waals surface area contributed by atoms with Crippen LogP contribution in [0.3, 0.4) is 0 Å². The number of likely N-dealkylation sites (N-methyl/N-ethyl adjacent to an activating group) is 1. The summed E-state index contributed by atoms with van der Waals surface area (Å²) in [6, 6.07) is 16.2. The number of hydrogen-bond acceptors (Lipinski definition) is 3. The Morgan fingerprint density at radius 2 is 1.46 bits per heavy atom. The van der Waals surface area contributed by atoms with Crippen molar-refractivity contribution >= 4 is 15.9 Å². The summed E-state index contributed by atoms with van der Waals surface area (Å²) in [5.41, 5.74) is 1.86. The fourth-order valence-electron chi connectivity index (χ4n) is 2.25. The topological polar surface area (TPSA) is 57.7 Å². The molecule has 0 fully saturated rings. The Hall–Kier alpha value is -2.18. The van der Waals surface area contributed by atoms with E-state index in [-0.39, 0.29) is 17.2 Å². The highest BCUT2D eigenvalue weighted by Gasteiger charge is 2.17. The molecule has 2 aromatic carbocycles. The average Bonchev–Trinajstić information content (AvgIpc) is 2.56. The van der Waals surface area contributed by atoms with Gasteiger partial charge in [0.05, 0.1) is 11.3 Å². The Bertz CT molecular complexity index is 785. The summed E-state index contributed by atoms with van der Waals surface area (Å²) in [7, 11) is 1.31. The number of carbonyl (C=O) groups is 1. The third-order valence-electron chi connectivity index (χ3n) is 3.75. The van der Waals surface area contributed by atoms with Crippen LogP contribution < -0.4 is 0 Å². The van der Waals surface area contributed by atoms with E-state index in [0.29, 0.717) is 6.54 Å². The van der Waals surface area contributed by atoms with Crippen molar-refractivity contribution in [2.24, 2.45) is 0 Å². The zero-order chi connectivity index (χ0) is 17.7. The number of amides is 1. The van der Waals surface area contributed by atoms with E-state index in [1.165, 1.54) is 30.5 Å². The maximum Gasteiger partial charge on any atom is 0.242 e. The predicted octanol–water partition coefficient (Wildman–Crippen LogP) is 2.14. The molecule has 1 amide bonds. The number of sulfonamides is 1. The van der Waals surface area contributed by atoms with Gasteiger partial charge in [-0.25, -0.2) is 12.7 Å². The minimum atomic E-state index is -3.44. The van der Waals surface area contributed by atoms with E-state index in [9.17, 15) is 13.2 Å². The summed E-state index contributed by atoms with van der Waals surface area (Å²) in [5, 5.41) is 0. The second-order valence-electron chi connectivity index (χ2n) is 5.84. The van der Waals surface area contributed by atoms with Gasteiger partial charge in [0.1, 0.15) is 0 Å². The molecule has 0 saturated heterocycles. The molecule has 128 valence electrons. The highest BCUT2D eigenvalue weighted by molar-refractivity contribution is 7.89. The molecule has 2 aromatic rings. The van der Waals surface area contributed by atoms with Crippen molar-refractivity contribution in [2.45, 2.75) is 17.9 Å². The lowest BCUT2D eigenvalue weighted by atomic mass is 10.1. The monoisotopic (exact) mass is 346 g/mol. The second-order valence-corrected chi connectivity index (χ2v) is 8.00. The number of hydrogen-bond donors (Lipinski definition) is 0. The number of rotatable bonds is 6. The van der Waals surface area contributed by atoms with Gasteiger partial charge in [-0.15, -0.1) is 0 Å². The minimum absolute atomic E-state index is 0.0120. The highest BCUT2D eigenvalue weighted by atomic mass is 32.2. The fraction of sp³-hybridized carbons (Fsp3) is 0.278. The van der Waals surface area contributed by atoms with Crippen molar-refractivity contribution in [1.29, 1.82) is 0 Å². The van der Waals surface area contributed by atoms with Gasteiger partial charge in [-0.1, -0.05) is 42.5 Å². The molecule has 0 aliphatic carbocycles. The Kier molecular flexibility index (Phi) is 5.75. The standard InChI is InChI=1S/C18H22N2O3S/c1-19(2)24(22,23)17-11-9-15(10-12-17)13-18(21)20(3)14-16-7-5-4-6-8-16/h4-12H,13-14H2,1-3H3. The van der Waals surface area contributed by atoms with Crippen molar-refractivity contribution < 1.29 is 13.2 Å². The molecule has 0 atom stereocenters. The summed E-state index contributed by atoms with van der Waals surface area (Å²) in [4.78, 5) is 14.2. The predicted molar refractivity (Wildman–Crippen MR) is 93.9 cm³/mol. The van der Waals surface area contributed by atoms with Gasteiger partial charge in [0.25, 0.3) is 0 Å². The van der Waals surface area contributed by atoms with E-state index in [2.05, 4.69) is 0 Å². The largest absolute Gasteiger partial charge is 0.341 e. The SMILES string of the molecule is CN(Cc1ccccc1)C(=O)Cc1ccc(S(=O)(=O)N(C)C)cc1. The van der Waals surface area contributed by atoms with Crippen LogP contribution >= 0.6 is 0 Å². The summed E-state index contributed by atoms with van der Waals surface area (Å²) in [6.45, 7) is 0.548. The lowest BCUT2D eigenvalue weighted by Crippen LogP contribution is -2.27. The van der Waals surface area contributed by atoms with Crippen LogP contribution in [-0.4, -0.2) is 44.7 Å². The average molecular weight is 346 g/mol. The van der Waals surface area contributed by atoms with Gasteiger partial charge in [0.2, 0.25) is 15.9 Å². The fourth-order valence-corrected chi connectivity index (χ4v) is 3.15. The Balaban J connectivity index is 2.02. The minimum Gasteiger partial charge on any atom is -0.341 e. The van der Waals surface area contributed by atoms with Crippen molar-refractivity contribution in [1.82, 2.24) is 9.21 Å². The molecule has 0 heterocycles. The Morgan fingerprint density at radius 1 is 0.875 bits per heavy atom. The van der Waals surface area contributed by atoms with Crippen LogP contribution in [0, 0.1) is 0 Å².